The summed E-state index contributed by atoms with van der Waals surface area (Å²) in [6.07, 6.45) is 0.0148. The van der Waals surface area contributed by atoms with Gasteiger partial charge in [0.15, 0.2) is 5.16 Å². The summed E-state index contributed by atoms with van der Waals surface area (Å²) in [6.45, 7) is 1.91. The summed E-state index contributed by atoms with van der Waals surface area (Å²) in [5, 5.41) is 11.9. The molecule has 0 bridgehead atoms. The number of rotatable bonds is 6. The van der Waals surface area contributed by atoms with Crippen molar-refractivity contribution in [2.75, 3.05) is 5.32 Å². The molecule has 0 unspecified atom stereocenters. The van der Waals surface area contributed by atoms with Gasteiger partial charge in [0.1, 0.15) is 17.5 Å². The van der Waals surface area contributed by atoms with Gasteiger partial charge in [-0.2, -0.15) is 0 Å². The first-order chi connectivity index (χ1) is 14.9. The van der Waals surface area contributed by atoms with Crippen LogP contribution < -0.4 is 10.9 Å². The summed E-state index contributed by atoms with van der Waals surface area (Å²) in [5.41, 5.74) is 0.942. The second kappa shape index (κ2) is 8.68. The highest BCUT2D eigenvalue weighted by Crippen LogP contribution is 2.31. The zero-order valence-electron chi connectivity index (χ0n) is 16.8. The molecule has 0 saturated heterocycles. The molecule has 2 N–H and O–H groups in total. The van der Waals surface area contributed by atoms with Crippen LogP contribution >= 0.6 is 11.8 Å². The van der Waals surface area contributed by atoms with Crippen molar-refractivity contribution in [2.24, 2.45) is 7.05 Å². The zero-order valence-corrected chi connectivity index (χ0v) is 17.6. The SMILES string of the molecule is C[C@@H](Sc1nnc(CC(=O)Nc2ccc(F)cc2)n1C)c1nc2ccccc2c(=O)[nH]1. The Kier molecular flexibility index (Phi) is 5.81. The van der Waals surface area contributed by atoms with Gasteiger partial charge in [-0.15, -0.1) is 10.2 Å². The Morgan fingerprint density at radius 2 is 1.94 bits per heavy atom. The molecule has 0 aliphatic rings. The molecule has 2 aromatic carbocycles. The first kappa shape index (κ1) is 20.7. The Hall–Kier alpha value is -3.53. The Bertz CT molecular complexity index is 1300. The van der Waals surface area contributed by atoms with Crippen LogP contribution in [0.1, 0.15) is 23.8 Å². The van der Waals surface area contributed by atoms with Gasteiger partial charge < -0.3 is 14.9 Å². The van der Waals surface area contributed by atoms with E-state index >= 15 is 0 Å². The molecule has 0 spiro atoms. The van der Waals surface area contributed by atoms with Crippen molar-refractivity contribution in [3.8, 4) is 0 Å². The smallest absolute Gasteiger partial charge is 0.258 e. The molecule has 8 nitrogen and oxygen atoms in total. The summed E-state index contributed by atoms with van der Waals surface area (Å²) in [7, 11) is 1.77. The number of hydrogen-bond acceptors (Lipinski definition) is 6. The predicted molar refractivity (Wildman–Crippen MR) is 116 cm³/mol. The van der Waals surface area contributed by atoms with Crippen LogP contribution in [0.3, 0.4) is 0 Å². The number of aromatic amines is 1. The summed E-state index contributed by atoms with van der Waals surface area (Å²) >= 11 is 1.38. The molecular formula is C21H19FN6O2S. The fourth-order valence-corrected chi connectivity index (χ4v) is 3.89. The third-order valence-electron chi connectivity index (χ3n) is 4.67. The van der Waals surface area contributed by atoms with E-state index in [9.17, 15) is 14.0 Å². The van der Waals surface area contributed by atoms with E-state index in [2.05, 4.69) is 25.5 Å². The van der Waals surface area contributed by atoms with Crippen LogP contribution in [0.15, 0.2) is 58.5 Å². The number of para-hydroxylation sites is 1. The van der Waals surface area contributed by atoms with Gasteiger partial charge in [-0.3, -0.25) is 9.59 Å². The van der Waals surface area contributed by atoms with Crippen molar-refractivity contribution in [3.05, 3.63) is 76.4 Å². The van der Waals surface area contributed by atoms with Gasteiger partial charge in [-0.05, 0) is 43.3 Å². The number of carbonyl (C=O) groups is 1. The molecule has 0 fully saturated rings. The first-order valence-corrected chi connectivity index (χ1v) is 10.4. The van der Waals surface area contributed by atoms with Gasteiger partial charge >= 0.3 is 0 Å². The molecule has 0 saturated carbocycles. The Labute approximate surface area is 180 Å². The number of thioether (sulfide) groups is 1. The Balaban J connectivity index is 1.46. The highest BCUT2D eigenvalue weighted by Gasteiger charge is 2.18. The molecule has 0 aliphatic heterocycles. The van der Waals surface area contributed by atoms with E-state index in [-0.39, 0.29) is 29.0 Å². The molecule has 4 rings (SSSR count). The molecule has 31 heavy (non-hydrogen) atoms. The maximum atomic E-state index is 13.0. The fourth-order valence-electron chi connectivity index (χ4n) is 2.99. The Morgan fingerprint density at radius 3 is 2.71 bits per heavy atom. The van der Waals surface area contributed by atoms with Crippen LogP contribution in [0.4, 0.5) is 10.1 Å². The number of hydrogen-bond donors (Lipinski definition) is 2. The molecule has 2 heterocycles. The van der Waals surface area contributed by atoms with Crippen LogP contribution in [0.25, 0.3) is 10.9 Å². The number of benzene rings is 2. The molecule has 0 radical (unpaired) electrons. The lowest BCUT2D eigenvalue weighted by atomic mass is 10.2. The van der Waals surface area contributed by atoms with Crippen molar-refractivity contribution < 1.29 is 9.18 Å². The average Bonchev–Trinajstić information content (AvgIpc) is 3.09. The summed E-state index contributed by atoms with van der Waals surface area (Å²) < 4.78 is 14.7. The van der Waals surface area contributed by atoms with Gasteiger partial charge in [0, 0.05) is 12.7 Å². The van der Waals surface area contributed by atoms with Crippen LogP contribution in [0, 0.1) is 5.82 Å². The van der Waals surface area contributed by atoms with E-state index in [4.69, 9.17) is 0 Å². The number of amides is 1. The second-order valence-electron chi connectivity index (χ2n) is 6.92. The highest BCUT2D eigenvalue weighted by molar-refractivity contribution is 7.99. The fraction of sp³-hybridized carbons (Fsp3) is 0.190. The lowest BCUT2D eigenvalue weighted by molar-refractivity contribution is -0.115. The minimum absolute atomic E-state index is 0.0148. The third kappa shape index (κ3) is 4.64. The molecule has 4 aromatic rings. The second-order valence-corrected chi connectivity index (χ2v) is 8.23. The lowest BCUT2D eigenvalue weighted by Crippen LogP contribution is -2.17. The molecule has 10 heteroatoms. The molecular weight excluding hydrogens is 419 g/mol. The van der Waals surface area contributed by atoms with Gasteiger partial charge in [-0.1, -0.05) is 23.9 Å². The number of H-pyrrole nitrogens is 1. The average molecular weight is 438 g/mol. The van der Waals surface area contributed by atoms with E-state index in [1.54, 1.807) is 29.8 Å². The number of fused-ring (bicyclic) bond motifs is 1. The maximum Gasteiger partial charge on any atom is 0.258 e. The topological polar surface area (TPSA) is 106 Å². The largest absolute Gasteiger partial charge is 0.326 e. The standard InChI is InChI=1S/C21H19FN6O2S/c1-12(19-24-16-6-4-3-5-15(16)20(30)25-19)31-21-27-26-17(28(21)2)11-18(29)23-14-9-7-13(22)8-10-14/h3-10,12H,11H2,1-2H3,(H,23,29)(H,24,25,30)/t12-/m1/s1. The lowest BCUT2D eigenvalue weighted by Gasteiger charge is -2.11. The quantitative estimate of drug-likeness (QED) is 0.448. The number of halogens is 1. The molecule has 2 aromatic heterocycles. The van der Waals surface area contributed by atoms with Crippen LogP contribution in [-0.4, -0.2) is 30.6 Å². The normalized spacial score (nSPS) is 12.1. The highest BCUT2D eigenvalue weighted by atomic mass is 32.2. The van der Waals surface area contributed by atoms with E-state index < -0.39 is 0 Å². The monoisotopic (exact) mass is 438 g/mol. The zero-order chi connectivity index (χ0) is 22.0. The minimum atomic E-state index is -0.371. The number of nitrogens with one attached hydrogen (secondary N) is 2. The van der Waals surface area contributed by atoms with E-state index in [0.717, 1.165) is 0 Å². The molecule has 1 amide bonds. The van der Waals surface area contributed by atoms with E-state index in [0.29, 0.717) is 33.4 Å². The molecule has 1 atom stereocenters. The maximum absolute atomic E-state index is 13.0. The number of carbonyl (C=O) groups excluding carboxylic acids is 1. The van der Waals surface area contributed by atoms with Crippen molar-refractivity contribution in [1.82, 2.24) is 24.7 Å². The summed E-state index contributed by atoms with van der Waals surface area (Å²) in [4.78, 5) is 32.0. The van der Waals surface area contributed by atoms with Crippen LogP contribution in [0.2, 0.25) is 0 Å². The van der Waals surface area contributed by atoms with Crippen molar-refractivity contribution in [2.45, 2.75) is 23.8 Å². The Morgan fingerprint density at radius 1 is 1.19 bits per heavy atom. The summed E-state index contributed by atoms with van der Waals surface area (Å²) in [5.74, 6) is 0.359. The number of anilines is 1. The molecule has 158 valence electrons. The van der Waals surface area contributed by atoms with Crippen LogP contribution in [0.5, 0.6) is 0 Å². The van der Waals surface area contributed by atoms with Gasteiger partial charge in [-0.25, -0.2) is 9.37 Å². The summed E-state index contributed by atoms with van der Waals surface area (Å²) in [6, 6.07) is 12.7. The van der Waals surface area contributed by atoms with Gasteiger partial charge in [0.05, 0.1) is 22.6 Å². The van der Waals surface area contributed by atoms with Crippen molar-refractivity contribution >= 4 is 34.3 Å². The van der Waals surface area contributed by atoms with Gasteiger partial charge in [0.25, 0.3) is 5.56 Å². The molecule has 0 aliphatic carbocycles. The van der Waals surface area contributed by atoms with E-state index in [1.807, 2.05) is 13.0 Å². The van der Waals surface area contributed by atoms with E-state index in [1.165, 1.54) is 36.0 Å². The third-order valence-corrected chi connectivity index (χ3v) is 5.81. The van der Waals surface area contributed by atoms with Gasteiger partial charge in [0.2, 0.25) is 5.91 Å². The predicted octanol–water partition coefficient (Wildman–Crippen LogP) is 3.23. The minimum Gasteiger partial charge on any atom is -0.326 e. The first-order valence-electron chi connectivity index (χ1n) is 9.50. The number of aromatic nitrogens is 5. The van der Waals surface area contributed by atoms with Crippen molar-refractivity contribution in [3.63, 3.8) is 0 Å². The van der Waals surface area contributed by atoms with Crippen LogP contribution in [-0.2, 0) is 18.3 Å². The number of nitrogens with zero attached hydrogens (tertiary/aromatic N) is 4. The van der Waals surface area contributed by atoms with Crippen molar-refractivity contribution in [1.29, 1.82) is 0 Å².